The SMILES string of the molecule is C[C@@H]1CN2C(=N[C@@H](c3ccccn3)[C@@H]2c2ccc3c(c2)n(C)c(=O)n3C)S1. The molecule has 2 aromatic heterocycles. The third-order valence-electron chi connectivity index (χ3n) is 5.52. The van der Waals surface area contributed by atoms with Gasteiger partial charge in [0.2, 0.25) is 0 Å². The molecule has 4 heterocycles. The highest BCUT2D eigenvalue weighted by molar-refractivity contribution is 8.14. The van der Waals surface area contributed by atoms with Crippen LogP contribution in [0.1, 0.15) is 30.3 Å². The number of imidazole rings is 1. The van der Waals surface area contributed by atoms with Crippen LogP contribution in [-0.2, 0) is 14.1 Å². The molecule has 1 aromatic carbocycles. The average molecular weight is 379 g/mol. The van der Waals surface area contributed by atoms with Crippen molar-refractivity contribution >= 4 is 28.0 Å². The summed E-state index contributed by atoms with van der Waals surface area (Å²) in [6, 6.07) is 12.4. The van der Waals surface area contributed by atoms with Crippen LogP contribution in [0.25, 0.3) is 11.0 Å². The summed E-state index contributed by atoms with van der Waals surface area (Å²) in [5, 5.41) is 1.63. The maximum absolute atomic E-state index is 12.3. The number of aromatic nitrogens is 3. The summed E-state index contributed by atoms with van der Waals surface area (Å²) >= 11 is 1.84. The number of aliphatic imine (C=N–C) groups is 1. The van der Waals surface area contributed by atoms with Gasteiger partial charge in [0, 0.05) is 32.1 Å². The van der Waals surface area contributed by atoms with Crippen LogP contribution in [0, 0.1) is 0 Å². The highest BCUT2D eigenvalue weighted by atomic mass is 32.2. The highest BCUT2D eigenvalue weighted by Gasteiger charge is 2.43. The fourth-order valence-electron chi connectivity index (χ4n) is 4.19. The second-order valence-corrected chi connectivity index (χ2v) is 8.69. The van der Waals surface area contributed by atoms with Crippen molar-refractivity contribution in [2.45, 2.75) is 24.3 Å². The second-order valence-electron chi connectivity index (χ2n) is 7.29. The molecule has 2 aliphatic rings. The number of nitrogens with zero attached hydrogens (tertiary/aromatic N) is 5. The van der Waals surface area contributed by atoms with Gasteiger partial charge in [-0.2, -0.15) is 0 Å². The van der Waals surface area contributed by atoms with E-state index in [1.807, 2.05) is 50.3 Å². The molecule has 1 saturated heterocycles. The van der Waals surface area contributed by atoms with Crippen molar-refractivity contribution in [2.75, 3.05) is 6.54 Å². The molecule has 0 spiro atoms. The van der Waals surface area contributed by atoms with Gasteiger partial charge in [0.25, 0.3) is 0 Å². The van der Waals surface area contributed by atoms with Crippen LogP contribution in [0.15, 0.2) is 52.4 Å². The Kier molecular flexibility index (Phi) is 3.69. The lowest BCUT2D eigenvalue weighted by atomic mass is 9.96. The van der Waals surface area contributed by atoms with E-state index in [-0.39, 0.29) is 17.8 Å². The Morgan fingerprint density at radius 3 is 2.70 bits per heavy atom. The summed E-state index contributed by atoms with van der Waals surface area (Å²) in [5.41, 5.74) is 4.06. The molecule has 0 N–H and O–H groups in total. The van der Waals surface area contributed by atoms with Crippen molar-refractivity contribution in [3.63, 3.8) is 0 Å². The maximum Gasteiger partial charge on any atom is 0.328 e. The Morgan fingerprint density at radius 2 is 1.93 bits per heavy atom. The zero-order chi connectivity index (χ0) is 18.7. The predicted molar refractivity (Wildman–Crippen MR) is 109 cm³/mol. The molecule has 6 nitrogen and oxygen atoms in total. The van der Waals surface area contributed by atoms with Gasteiger partial charge in [-0.25, -0.2) is 4.79 Å². The van der Waals surface area contributed by atoms with Crippen LogP contribution >= 0.6 is 11.8 Å². The number of pyridine rings is 1. The quantitative estimate of drug-likeness (QED) is 0.687. The number of rotatable bonds is 2. The van der Waals surface area contributed by atoms with Gasteiger partial charge in [-0.15, -0.1) is 0 Å². The van der Waals surface area contributed by atoms with E-state index in [4.69, 9.17) is 4.99 Å². The Bertz CT molecular complexity index is 1120. The van der Waals surface area contributed by atoms with E-state index < -0.39 is 0 Å². The maximum atomic E-state index is 12.3. The van der Waals surface area contributed by atoms with Crippen LogP contribution in [0.5, 0.6) is 0 Å². The summed E-state index contributed by atoms with van der Waals surface area (Å²) in [5.74, 6) is 0. The first kappa shape index (κ1) is 16.6. The van der Waals surface area contributed by atoms with Crippen molar-refractivity contribution in [1.29, 1.82) is 0 Å². The minimum absolute atomic E-state index is 0.00265. The highest BCUT2D eigenvalue weighted by Crippen LogP contribution is 2.47. The van der Waals surface area contributed by atoms with Crippen molar-refractivity contribution in [3.05, 3.63) is 64.3 Å². The van der Waals surface area contributed by atoms with Gasteiger partial charge in [0.05, 0.1) is 22.8 Å². The lowest BCUT2D eigenvalue weighted by Crippen LogP contribution is -2.28. The van der Waals surface area contributed by atoms with E-state index >= 15 is 0 Å². The summed E-state index contributed by atoms with van der Waals surface area (Å²) in [6.07, 6.45) is 1.83. The van der Waals surface area contributed by atoms with Gasteiger partial charge in [-0.3, -0.25) is 19.1 Å². The largest absolute Gasteiger partial charge is 0.341 e. The monoisotopic (exact) mass is 379 g/mol. The Morgan fingerprint density at radius 1 is 1.11 bits per heavy atom. The Labute approximate surface area is 161 Å². The minimum atomic E-state index is -0.0283. The fourth-order valence-corrected chi connectivity index (χ4v) is 5.28. The van der Waals surface area contributed by atoms with E-state index in [0.717, 1.165) is 28.4 Å². The smallest absolute Gasteiger partial charge is 0.328 e. The normalized spacial score (nSPS) is 24.5. The second kappa shape index (κ2) is 5.99. The third kappa shape index (κ3) is 2.45. The van der Waals surface area contributed by atoms with Crippen molar-refractivity contribution in [1.82, 2.24) is 19.0 Å². The van der Waals surface area contributed by atoms with E-state index in [1.54, 1.807) is 9.13 Å². The zero-order valence-corrected chi connectivity index (χ0v) is 16.3. The van der Waals surface area contributed by atoms with Gasteiger partial charge in [0.15, 0.2) is 5.17 Å². The average Bonchev–Trinajstić information content (AvgIpc) is 3.28. The molecule has 7 heteroatoms. The number of thioether (sulfide) groups is 1. The van der Waals surface area contributed by atoms with E-state index in [1.165, 1.54) is 5.56 Å². The fraction of sp³-hybridized carbons (Fsp3) is 0.350. The van der Waals surface area contributed by atoms with Gasteiger partial charge < -0.3 is 4.90 Å². The lowest BCUT2D eigenvalue weighted by molar-refractivity contribution is 0.321. The molecule has 0 radical (unpaired) electrons. The number of amidine groups is 1. The molecule has 0 unspecified atom stereocenters. The van der Waals surface area contributed by atoms with Gasteiger partial charge in [-0.1, -0.05) is 30.8 Å². The van der Waals surface area contributed by atoms with Crippen LogP contribution in [0.2, 0.25) is 0 Å². The molecule has 0 aliphatic carbocycles. The first-order valence-corrected chi connectivity index (χ1v) is 10.00. The number of benzene rings is 1. The van der Waals surface area contributed by atoms with Crippen LogP contribution < -0.4 is 5.69 Å². The standard InChI is InChI=1S/C20H21N5OS/c1-12-11-25-18(17(22-19(25)27-12)14-6-4-5-9-21-14)13-7-8-15-16(10-13)24(3)20(26)23(15)2/h4-10,12,17-18H,11H2,1-3H3/t12-,17+,18+/m1/s1. The lowest BCUT2D eigenvalue weighted by Gasteiger charge is -2.27. The first-order chi connectivity index (χ1) is 13.0. The molecule has 27 heavy (non-hydrogen) atoms. The molecule has 0 bridgehead atoms. The molecular formula is C20H21N5OS. The molecule has 1 fully saturated rings. The van der Waals surface area contributed by atoms with Crippen LogP contribution in [0.4, 0.5) is 0 Å². The Balaban J connectivity index is 1.66. The first-order valence-electron chi connectivity index (χ1n) is 9.12. The van der Waals surface area contributed by atoms with Gasteiger partial charge >= 0.3 is 5.69 Å². The van der Waals surface area contributed by atoms with Gasteiger partial charge in [0.1, 0.15) is 6.04 Å². The summed E-state index contributed by atoms with van der Waals surface area (Å²) < 4.78 is 3.41. The molecule has 5 rings (SSSR count). The van der Waals surface area contributed by atoms with Gasteiger partial charge in [-0.05, 0) is 29.8 Å². The van der Waals surface area contributed by atoms with Crippen molar-refractivity contribution < 1.29 is 0 Å². The molecule has 3 atom stereocenters. The number of fused-ring (bicyclic) bond motifs is 2. The summed E-state index contributed by atoms with van der Waals surface area (Å²) in [4.78, 5) is 24.3. The van der Waals surface area contributed by atoms with Crippen LogP contribution in [0.3, 0.4) is 0 Å². The van der Waals surface area contributed by atoms with E-state index in [0.29, 0.717) is 5.25 Å². The minimum Gasteiger partial charge on any atom is -0.341 e. The van der Waals surface area contributed by atoms with Crippen molar-refractivity contribution in [2.24, 2.45) is 19.1 Å². The summed E-state index contributed by atoms with van der Waals surface area (Å²) in [7, 11) is 3.64. The zero-order valence-electron chi connectivity index (χ0n) is 15.5. The number of aryl methyl sites for hydroxylation is 2. The molecule has 0 amide bonds. The number of hydrogen-bond donors (Lipinski definition) is 0. The van der Waals surface area contributed by atoms with Crippen molar-refractivity contribution in [3.8, 4) is 0 Å². The topological polar surface area (TPSA) is 55.4 Å². The van der Waals surface area contributed by atoms with Crippen LogP contribution in [-0.4, -0.2) is 36.0 Å². The van der Waals surface area contributed by atoms with E-state index in [2.05, 4.69) is 35.0 Å². The Hall–Kier alpha value is -2.54. The molecule has 2 aliphatic heterocycles. The number of hydrogen-bond acceptors (Lipinski definition) is 5. The molecule has 3 aromatic rings. The third-order valence-corrected chi connectivity index (χ3v) is 6.62. The molecule has 138 valence electrons. The summed E-state index contributed by atoms with van der Waals surface area (Å²) in [6.45, 7) is 3.21. The van der Waals surface area contributed by atoms with E-state index in [9.17, 15) is 4.79 Å². The molecular weight excluding hydrogens is 358 g/mol. The predicted octanol–water partition coefficient (Wildman–Crippen LogP) is 2.86. The molecule has 0 saturated carbocycles.